The van der Waals surface area contributed by atoms with Gasteiger partial charge < -0.3 is 5.32 Å². The summed E-state index contributed by atoms with van der Waals surface area (Å²) in [5, 5.41) is 3.28. The normalized spacial score (nSPS) is 10.9. The number of hydrogen-bond acceptors (Lipinski definition) is 2. The highest BCUT2D eigenvalue weighted by atomic mass is 32.1. The number of carbonyl (C=O) groups excluding carboxylic acids is 1. The van der Waals surface area contributed by atoms with Crippen molar-refractivity contribution in [3.05, 3.63) is 70.1 Å². The Morgan fingerprint density at radius 2 is 1.83 bits per heavy atom. The van der Waals surface area contributed by atoms with E-state index in [-0.39, 0.29) is 17.5 Å². The van der Waals surface area contributed by atoms with Gasteiger partial charge in [-0.15, -0.1) is 11.3 Å². The van der Waals surface area contributed by atoms with Crippen LogP contribution in [-0.4, -0.2) is 12.5 Å². The zero-order valence-corrected chi connectivity index (χ0v) is 13.3. The Morgan fingerprint density at radius 1 is 1.09 bits per heavy atom. The van der Waals surface area contributed by atoms with Crippen molar-refractivity contribution < 1.29 is 13.6 Å². The summed E-state index contributed by atoms with van der Waals surface area (Å²) in [6.45, 7) is 2.07. The quantitative estimate of drug-likeness (QED) is 0.751. The van der Waals surface area contributed by atoms with E-state index in [1.165, 1.54) is 23.5 Å². The Morgan fingerprint density at radius 3 is 2.57 bits per heavy atom. The van der Waals surface area contributed by atoms with Gasteiger partial charge in [0.25, 0.3) is 5.91 Å². The highest BCUT2D eigenvalue weighted by Gasteiger charge is 2.17. The number of carbonyl (C=O) groups is 1. The van der Waals surface area contributed by atoms with E-state index in [4.69, 9.17) is 0 Å². The van der Waals surface area contributed by atoms with Gasteiger partial charge in [-0.05, 0) is 42.7 Å². The van der Waals surface area contributed by atoms with Crippen LogP contribution >= 0.6 is 11.3 Å². The topological polar surface area (TPSA) is 29.1 Å². The maximum atomic E-state index is 13.9. The fourth-order valence-corrected chi connectivity index (χ4v) is 3.70. The van der Waals surface area contributed by atoms with Crippen molar-refractivity contribution in [2.45, 2.75) is 13.3 Å². The molecule has 1 heterocycles. The van der Waals surface area contributed by atoms with E-state index in [2.05, 4.69) is 5.32 Å². The van der Waals surface area contributed by atoms with Crippen LogP contribution in [0.4, 0.5) is 8.78 Å². The lowest BCUT2D eigenvalue weighted by Crippen LogP contribution is -2.25. The van der Waals surface area contributed by atoms with Crippen LogP contribution in [0, 0.1) is 18.6 Å². The lowest BCUT2D eigenvalue weighted by atomic mass is 10.1. The third kappa shape index (κ3) is 3.10. The molecule has 2 nitrogen and oxygen atoms in total. The summed E-state index contributed by atoms with van der Waals surface area (Å²) in [6.07, 6.45) is 0.413. The number of thiophene rings is 1. The van der Waals surface area contributed by atoms with E-state index in [1.807, 2.05) is 0 Å². The molecule has 0 saturated heterocycles. The van der Waals surface area contributed by atoms with E-state index in [9.17, 15) is 13.6 Å². The number of benzene rings is 2. The third-order valence-electron chi connectivity index (χ3n) is 3.75. The molecule has 0 fully saturated rings. The Hall–Kier alpha value is -2.27. The van der Waals surface area contributed by atoms with Crippen LogP contribution in [-0.2, 0) is 6.42 Å². The lowest BCUT2D eigenvalue weighted by molar-refractivity contribution is 0.0957. The van der Waals surface area contributed by atoms with Gasteiger partial charge in [0.05, 0.1) is 4.88 Å². The molecule has 0 unspecified atom stereocenters. The first kappa shape index (κ1) is 15.6. The zero-order chi connectivity index (χ0) is 16.4. The van der Waals surface area contributed by atoms with Gasteiger partial charge in [0.2, 0.25) is 0 Å². The van der Waals surface area contributed by atoms with Gasteiger partial charge >= 0.3 is 0 Å². The number of amides is 1. The third-order valence-corrected chi connectivity index (χ3v) is 5.00. The average Bonchev–Trinajstić information content (AvgIpc) is 2.87. The molecule has 0 atom stereocenters. The van der Waals surface area contributed by atoms with Gasteiger partial charge in [-0.3, -0.25) is 4.79 Å². The Kier molecular flexibility index (Phi) is 4.39. The number of aryl methyl sites for hydroxylation is 1. The van der Waals surface area contributed by atoms with Gasteiger partial charge in [-0.25, -0.2) is 8.78 Å². The summed E-state index contributed by atoms with van der Waals surface area (Å²) in [5.74, 6) is -0.844. The minimum Gasteiger partial charge on any atom is -0.351 e. The molecule has 23 heavy (non-hydrogen) atoms. The van der Waals surface area contributed by atoms with Gasteiger partial charge in [0.15, 0.2) is 0 Å². The minimum atomic E-state index is -0.318. The molecular formula is C18H15F2NOS. The molecule has 0 saturated carbocycles. The van der Waals surface area contributed by atoms with Crippen molar-refractivity contribution >= 4 is 27.3 Å². The maximum absolute atomic E-state index is 13.9. The molecule has 1 amide bonds. The molecular weight excluding hydrogens is 316 g/mol. The standard InChI is InChI=1S/C18H15F2NOS/c1-11-16-14(20)7-4-8-15(16)23-17(11)18(22)21-10-9-12-5-2-3-6-13(12)19/h2-8H,9-10H2,1H3,(H,21,22). The molecule has 2 aromatic carbocycles. The molecule has 3 aromatic rings. The molecule has 0 radical (unpaired) electrons. The van der Waals surface area contributed by atoms with E-state index in [0.29, 0.717) is 34.4 Å². The predicted molar refractivity (Wildman–Crippen MR) is 89.0 cm³/mol. The van der Waals surface area contributed by atoms with Crippen LogP contribution in [0.15, 0.2) is 42.5 Å². The SMILES string of the molecule is Cc1c(C(=O)NCCc2ccccc2F)sc2cccc(F)c12. The maximum Gasteiger partial charge on any atom is 0.261 e. The monoisotopic (exact) mass is 331 g/mol. The minimum absolute atomic E-state index is 0.251. The molecule has 118 valence electrons. The second-order valence-electron chi connectivity index (χ2n) is 5.27. The lowest BCUT2D eigenvalue weighted by Gasteiger charge is -2.05. The number of nitrogens with one attached hydrogen (secondary N) is 1. The average molecular weight is 331 g/mol. The molecule has 1 N–H and O–H groups in total. The smallest absolute Gasteiger partial charge is 0.261 e. The van der Waals surface area contributed by atoms with Crippen LogP contribution in [0.5, 0.6) is 0 Å². The highest BCUT2D eigenvalue weighted by Crippen LogP contribution is 2.32. The first-order valence-corrected chi connectivity index (χ1v) is 8.09. The molecule has 0 aliphatic heterocycles. The summed E-state index contributed by atoms with van der Waals surface area (Å²) in [5.41, 5.74) is 1.21. The predicted octanol–water partition coefficient (Wildman–Crippen LogP) is 4.46. The summed E-state index contributed by atoms with van der Waals surface area (Å²) in [7, 11) is 0. The van der Waals surface area contributed by atoms with Crippen LogP contribution < -0.4 is 5.32 Å². The van der Waals surface area contributed by atoms with E-state index >= 15 is 0 Å². The fourth-order valence-electron chi connectivity index (χ4n) is 2.56. The van der Waals surface area contributed by atoms with Crippen molar-refractivity contribution in [1.29, 1.82) is 0 Å². The fraction of sp³-hybridized carbons (Fsp3) is 0.167. The van der Waals surface area contributed by atoms with Gasteiger partial charge in [0, 0.05) is 16.6 Å². The molecule has 0 spiro atoms. The molecule has 5 heteroatoms. The second-order valence-corrected chi connectivity index (χ2v) is 6.32. The first-order chi connectivity index (χ1) is 11.1. The summed E-state index contributed by atoms with van der Waals surface area (Å²) < 4.78 is 28.2. The second kappa shape index (κ2) is 6.46. The Balaban J connectivity index is 1.73. The van der Waals surface area contributed by atoms with Crippen molar-refractivity contribution in [2.75, 3.05) is 6.54 Å². The number of halogens is 2. The van der Waals surface area contributed by atoms with E-state index in [1.54, 1.807) is 37.3 Å². The largest absolute Gasteiger partial charge is 0.351 e. The molecule has 0 aliphatic carbocycles. The summed E-state index contributed by atoms with van der Waals surface area (Å²) in [4.78, 5) is 12.8. The highest BCUT2D eigenvalue weighted by molar-refractivity contribution is 7.21. The summed E-state index contributed by atoms with van der Waals surface area (Å²) >= 11 is 1.27. The van der Waals surface area contributed by atoms with Crippen molar-refractivity contribution in [3.63, 3.8) is 0 Å². The van der Waals surface area contributed by atoms with E-state index in [0.717, 1.165) is 4.70 Å². The summed E-state index contributed by atoms with van der Waals surface area (Å²) in [6, 6.07) is 11.3. The first-order valence-electron chi connectivity index (χ1n) is 7.27. The van der Waals surface area contributed by atoms with Gasteiger partial charge in [-0.1, -0.05) is 24.3 Å². The van der Waals surface area contributed by atoms with E-state index < -0.39 is 0 Å². The number of hydrogen-bond donors (Lipinski definition) is 1. The molecule has 0 bridgehead atoms. The zero-order valence-electron chi connectivity index (χ0n) is 12.5. The van der Waals surface area contributed by atoms with Crippen LogP contribution in [0.25, 0.3) is 10.1 Å². The van der Waals surface area contributed by atoms with Crippen molar-refractivity contribution in [2.24, 2.45) is 0 Å². The molecule has 0 aliphatic rings. The Labute approximate surface area is 136 Å². The number of rotatable bonds is 4. The van der Waals surface area contributed by atoms with Crippen molar-refractivity contribution in [1.82, 2.24) is 5.32 Å². The van der Waals surface area contributed by atoms with Crippen molar-refractivity contribution in [3.8, 4) is 0 Å². The Bertz CT molecular complexity index is 873. The van der Waals surface area contributed by atoms with Gasteiger partial charge in [0.1, 0.15) is 11.6 Å². The number of fused-ring (bicyclic) bond motifs is 1. The van der Waals surface area contributed by atoms with Crippen LogP contribution in [0.3, 0.4) is 0 Å². The van der Waals surface area contributed by atoms with Crippen LogP contribution in [0.2, 0.25) is 0 Å². The van der Waals surface area contributed by atoms with Gasteiger partial charge in [-0.2, -0.15) is 0 Å². The molecule has 3 rings (SSSR count). The van der Waals surface area contributed by atoms with Crippen LogP contribution in [0.1, 0.15) is 20.8 Å². The molecule has 1 aromatic heterocycles.